The molecule has 0 amide bonds. The molecule has 0 aromatic heterocycles. The van der Waals surface area contributed by atoms with Gasteiger partial charge in [0.15, 0.2) is 0 Å². The Morgan fingerprint density at radius 2 is 1.95 bits per heavy atom. The minimum absolute atomic E-state index is 0.373. The number of halogens is 1. The van der Waals surface area contributed by atoms with Gasteiger partial charge in [-0.2, -0.15) is 0 Å². The molecule has 0 atom stereocenters. The van der Waals surface area contributed by atoms with Gasteiger partial charge in [-0.3, -0.25) is 0 Å². The average molecular weight is 287 g/mol. The van der Waals surface area contributed by atoms with E-state index >= 15 is 0 Å². The molecule has 0 saturated heterocycles. The van der Waals surface area contributed by atoms with Crippen LogP contribution in [-0.4, -0.2) is 17.5 Å². The highest BCUT2D eigenvalue weighted by atomic mass is 19.1. The second-order valence-corrected chi connectivity index (χ2v) is 4.76. The van der Waals surface area contributed by atoms with Gasteiger partial charge < -0.3 is 9.94 Å². The Bertz CT molecular complexity index is 611. The zero-order valence-corrected chi connectivity index (χ0v) is 11.9. The van der Waals surface area contributed by atoms with E-state index in [0.717, 1.165) is 12.8 Å². The molecule has 0 fully saturated rings. The minimum Gasteiger partial charge on any atom is -0.493 e. The van der Waals surface area contributed by atoms with E-state index in [1.807, 2.05) is 18.2 Å². The molecule has 2 rings (SSSR count). The highest BCUT2D eigenvalue weighted by Crippen LogP contribution is 2.21. The van der Waals surface area contributed by atoms with Crippen LogP contribution in [0, 0.1) is 5.82 Å². The van der Waals surface area contributed by atoms with Crippen molar-refractivity contribution in [3.63, 3.8) is 0 Å². The normalized spacial score (nSPS) is 11.4. The Hall–Kier alpha value is -2.36. The first-order valence-electron chi connectivity index (χ1n) is 6.86. The average Bonchev–Trinajstić information content (AvgIpc) is 2.52. The molecule has 0 aliphatic carbocycles. The van der Waals surface area contributed by atoms with E-state index in [0.29, 0.717) is 23.6 Å². The summed E-state index contributed by atoms with van der Waals surface area (Å²) in [7, 11) is 0. The topological polar surface area (TPSA) is 41.8 Å². The van der Waals surface area contributed by atoms with Crippen LogP contribution in [0.4, 0.5) is 4.39 Å². The summed E-state index contributed by atoms with van der Waals surface area (Å²) in [6, 6.07) is 14.3. The van der Waals surface area contributed by atoms with Crippen molar-refractivity contribution in [2.45, 2.75) is 19.8 Å². The molecule has 21 heavy (non-hydrogen) atoms. The predicted octanol–water partition coefficient (Wildman–Crippen LogP) is 4.04. The molecule has 3 nitrogen and oxygen atoms in total. The van der Waals surface area contributed by atoms with Crippen molar-refractivity contribution in [1.82, 2.24) is 0 Å². The Morgan fingerprint density at radius 1 is 1.19 bits per heavy atom. The van der Waals surface area contributed by atoms with Crippen LogP contribution in [0.2, 0.25) is 0 Å². The van der Waals surface area contributed by atoms with Gasteiger partial charge in [-0.15, -0.1) is 0 Å². The molecule has 2 aromatic rings. The summed E-state index contributed by atoms with van der Waals surface area (Å²) in [5.74, 6) is 0.0286. The number of oxime groups is 1. The molecule has 0 bridgehead atoms. The van der Waals surface area contributed by atoms with Crippen LogP contribution in [-0.2, 0) is 6.42 Å². The summed E-state index contributed by atoms with van der Waals surface area (Å²) < 4.78 is 18.9. The molecule has 1 N–H and O–H groups in total. The van der Waals surface area contributed by atoms with Gasteiger partial charge >= 0.3 is 0 Å². The highest BCUT2D eigenvalue weighted by molar-refractivity contribution is 6.00. The maximum Gasteiger partial charge on any atom is 0.131 e. The smallest absolute Gasteiger partial charge is 0.131 e. The first-order valence-corrected chi connectivity index (χ1v) is 6.86. The van der Waals surface area contributed by atoms with Gasteiger partial charge in [0.2, 0.25) is 0 Å². The molecule has 4 heteroatoms. The largest absolute Gasteiger partial charge is 0.493 e. The summed E-state index contributed by atoms with van der Waals surface area (Å²) >= 11 is 0. The van der Waals surface area contributed by atoms with Crippen LogP contribution >= 0.6 is 0 Å². The first-order chi connectivity index (χ1) is 10.2. The van der Waals surface area contributed by atoms with Crippen LogP contribution in [0.15, 0.2) is 53.7 Å². The number of rotatable bonds is 6. The molecule has 2 aromatic carbocycles. The maximum atomic E-state index is 13.3. The van der Waals surface area contributed by atoms with Gasteiger partial charge in [0, 0.05) is 11.6 Å². The van der Waals surface area contributed by atoms with E-state index in [-0.39, 0.29) is 5.82 Å². The Labute approximate surface area is 123 Å². The van der Waals surface area contributed by atoms with E-state index in [2.05, 4.69) is 17.3 Å². The number of hydrogen-bond acceptors (Lipinski definition) is 3. The number of benzene rings is 2. The molecular weight excluding hydrogens is 269 g/mol. The lowest BCUT2D eigenvalue weighted by atomic mass is 10.1. The zero-order valence-electron chi connectivity index (χ0n) is 11.9. The van der Waals surface area contributed by atoms with Gasteiger partial charge in [-0.05, 0) is 37.5 Å². The van der Waals surface area contributed by atoms with E-state index in [9.17, 15) is 4.39 Å². The number of hydrogen-bond donors (Lipinski definition) is 1. The third-order valence-electron chi connectivity index (χ3n) is 3.19. The SMILES string of the molecule is CC(=NO)c1ccc(F)cc1OCCCc1ccccc1. The van der Waals surface area contributed by atoms with Crippen molar-refractivity contribution in [2.24, 2.45) is 5.16 Å². The van der Waals surface area contributed by atoms with Crippen molar-refractivity contribution in [2.75, 3.05) is 6.61 Å². The standard InChI is InChI=1S/C17H18FNO2/c1-13(19-20)16-10-9-15(18)12-17(16)21-11-5-8-14-6-3-2-4-7-14/h2-4,6-7,9-10,12,20H,5,8,11H2,1H3. The number of nitrogens with zero attached hydrogens (tertiary/aromatic N) is 1. The van der Waals surface area contributed by atoms with Crippen LogP contribution in [0.1, 0.15) is 24.5 Å². The second-order valence-electron chi connectivity index (χ2n) is 4.76. The van der Waals surface area contributed by atoms with Crippen LogP contribution in [0.5, 0.6) is 5.75 Å². The number of ether oxygens (including phenoxy) is 1. The van der Waals surface area contributed by atoms with Gasteiger partial charge in [-0.25, -0.2) is 4.39 Å². The summed E-state index contributed by atoms with van der Waals surface area (Å²) in [5.41, 5.74) is 2.24. The van der Waals surface area contributed by atoms with Crippen LogP contribution in [0.25, 0.3) is 0 Å². The Kier molecular flexibility index (Phi) is 5.32. The molecule has 110 valence electrons. The van der Waals surface area contributed by atoms with E-state index < -0.39 is 0 Å². The highest BCUT2D eigenvalue weighted by Gasteiger charge is 2.09. The van der Waals surface area contributed by atoms with E-state index in [4.69, 9.17) is 9.94 Å². The maximum absolute atomic E-state index is 13.3. The second kappa shape index (κ2) is 7.43. The summed E-state index contributed by atoms with van der Waals surface area (Å²) in [4.78, 5) is 0. The quantitative estimate of drug-likeness (QED) is 0.377. The molecule has 0 spiro atoms. The van der Waals surface area contributed by atoms with Crippen LogP contribution < -0.4 is 4.74 Å². The predicted molar refractivity (Wildman–Crippen MR) is 80.7 cm³/mol. The lowest BCUT2D eigenvalue weighted by Gasteiger charge is -2.11. The summed E-state index contributed by atoms with van der Waals surface area (Å²) in [5, 5.41) is 12.0. The van der Waals surface area contributed by atoms with Gasteiger partial charge in [0.1, 0.15) is 11.6 Å². The van der Waals surface area contributed by atoms with Crippen molar-refractivity contribution < 1.29 is 14.3 Å². The lowest BCUT2D eigenvalue weighted by molar-refractivity contribution is 0.306. The minimum atomic E-state index is -0.373. The summed E-state index contributed by atoms with van der Waals surface area (Å²) in [6.45, 7) is 2.12. The van der Waals surface area contributed by atoms with Crippen LogP contribution in [0.3, 0.4) is 0 Å². The Morgan fingerprint density at radius 3 is 2.67 bits per heavy atom. The van der Waals surface area contributed by atoms with E-state index in [1.54, 1.807) is 13.0 Å². The lowest BCUT2D eigenvalue weighted by Crippen LogP contribution is -2.05. The molecule has 0 radical (unpaired) electrons. The fourth-order valence-corrected chi connectivity index (χ4v) is 2.07. The molecule has 0 saturated carbocycles. The van der Waals surface area contributed by atoms with Crippen molar-refractivity contribution in [3.05, 3.63) is 65.5 Å². The molecule has 0 unspecified atom stereocenters. The Balaban J connectivity index is 1.95. The van der Waals surface area contributed by atoms with Gasteiger partial charge in [0.05, 0.1) is 12.3 Å². The fraction of sp³-hybridized carbons (Fsp3) is 0.235. The van der Waals surface area contributed by atoms with Crippen molar-refractivity contribution in [1.29, 1.82) is 0 Å². The fourth-order valence-electron chi connectivity index (χ4n) is 2.07. The van der Waals surface area contributed by atoms with E-state index in [1.165, 1.54) is 17.7 Å². The monoisotopic (exact) mass is 287 g/mol. The molecule has 0 aliphatic heterocycles. The van der Waals surface area contributed by atoms with Gasteiger partial charge in [0.25, 0.3) is 0 Å². The zero-order chi connectivity index (χ0) is 15.1. The van der Waals surface area contributed by atoms with Gasteiger partial charge in [-0.1, -0.05) is 35.5 Å². The number of aryl methyl sites for hydroxylation is 1. The third-order valence-corrected chi connectivity index (χ3v) is 3.19. The van der Waals surface area contributed by atoms with Crippen molar-refractivity contribution in [3.8, 4) is 5.75 Å². The third kappa shape index (κ3) is 4.31. The summed E-state index contributed by atoms with van der Waals surface area (Å²) in [6.07, 6.45) is 1.73. The molecule has 0 heterocycles. The first kappa shape index (κ1) is 15.0. The molecule has 0 aliphatic rings. The van der Waals surface area contributed by atoms with Crippen molar-refractivity contribution >= 4 is 5.71 Å². The molecular formula is C17H18FNO2.